The summed E-state index contributed by atoms with van der Waals surface area (Å²) in [5, 5.41) is 8.72. The maximum atomic E-state index is 13.6. The first kappa shape index (κ1) is 24.1. The lowest BCUT2D eigenvalue weighted by atomic mass is 10.0. The molecule has 2 heterocycles. The molecule has 0 unspecified atom stereocenters. The first-order valence-electron chi connectivity index (χ1n) is 11.5. The van der Waals surface area contributed by atoms with Gasteiger partial charge in [0.05, 0.1) is 17.1 Å². The Morgan fingerprint density at radius 1 is 1.14 bits per heavy atom. The van der Waals surface area contributed by atoms with E-state index in [0.29, 0.717) is 24.1 Å². The zero-order valence-electron chi connectivity index (χ0n) is 19.7. The molecule has 37 heavy (non-hydrogen) atoms. The second-order valence-electron chi connectivity index (χ2n) is 8.03. The summed E-state index contributed by atoms with van der Waals surface area (Å²) in [5.41, 5.74) is 3.73. The van der Waals surface area contributed by atoms with Crippen molar-refractivity contribution in [1.29, 1.82) is 0 Å². The lowest BCUT2D eigenvalue weighted by molar-refractivity contribution is -0.137. The van der Waals surface area contributed by atoms with Gasteiger partial charge in [-0.1, -0.05) is 48.0 Å². The Kier molecular flexibility index (Phi) is 6.91. The van der Waals surface area contributed by atoms with Crippen molar-refractivity contribution in [3.05, 3.63) is 102 Å². The lowest BCUT2D eigenvalue weighted by Crippen LogP contribution is -2.06. The molecule has 0 spiro atoms. The molecule has 5 rings (SSSR count). The van der Waals surface area contributed by atoms with Crippen LogP contribution in [0.15, 0.2) is 85.2 Å². The molecule has 184 valence electrons. The van der Waals surface area contributed by atoms with Crippen LogP contribution in [0, 0.1) is 5.82 Å². The van der Waals surface area contributed by atoms with E-state index in [9.17, 15) is 9.18 Å². The van der Waals surface area contributed by atoms with Crippen molar-refractivity contribution >= 4 is 46.2 Å². The number of aromatic nitrogens is 4. The summed E-state index contributed by atoms with van der Waals surface area (Å²) < 4.78 is 20.3. The topological polar surface area (TPSA) is 81.9 Å². The summed E-state index contributed by atoms with van der Waals surface area (Å²) in [4.78, 5) is 21.0. The second-order valence-corrected chi connectivity index (χ2v) is 8.44. The highest BCUT2D eigenvalue weighted by atomic mass is 35.5. The molecule has 0 fully saturated rings. The van der Waals surface area contributed by atoms with Gasteiger partial charge in [-0.3, -0.25) is 0 Å². The second kappa shape index (κ2) is 10.6. The Morgan fingerprint density at radius 3 is 2.81 bits per heavy atom. The molecule has 0 aliphatic carbocycles. The summed E-state index contributed by atoms with van der Waals surface area (Å²) in [6.07, 6.45) is 6.67. The number of carbonyl (C=O) groups excluding carboxylic acids is 1. The molecular formula is C28H21ClFN5O2. The van der Waals surface area contributed by atoms with E-state index >= 15 is 0 Å². The first-order valence-corrected chi connectivity index (χ1v) is 11.9. The van der Waals surface area contributed by atoms with E-state index in [2.05, 4.69) is 10.3 Å². The number of benzene rings is 3. The molecule has 0 radical (unpaired) electrons. The van der Waals surface area contributed by atoms with E-state index in [-0.39, 0.29) is 5.02 Å². The Labute approximate surface area is 217 Å². The van der Waals surface area contributed by atoms with Gasteiger partial charge in [-0.15, -0.1) is 0 Å². The Bertz CT molecular complexity index is 1600. The molecule has 7 nitrogen and oxygen atoms in total. The van der Waals surface area contributed by atoms with Gasteiger partial charge in [0, 0.05) is 35.1 Å². The molecule has 0 amide bonds. The fourth-order valence-electron chi connectivity index (χ4n) is 3.75. The van der Waals surface area contributed by atoms with Crippen molar-refractivity contribution in [2.45, 2.75) is 6.92 Å². The van der Waals surface area contributed by atoms with Crippen molar-refractivity contribution in [2.24, 2.45) is 0 Å². The van der Waals surface area contributed by atoms with Crippen LogP contribution in [0.3, 0.4) is 0 Å². The van der Waals surface area contributed by atoms with Gasteiger partial charge in [-0.05, 0) is 54.5 Å². The van der Waals surface area contributed by atoms with Gasteiger partial charge in [-0.25, -0.2) is 18.9 Å². The van der Waals surface area contributed by atoms with E-state index in [1.165, 1.54) is 18.2 Å². The van der Waals surface area contributed by atoms with Gasteiger partial charge in [0.2, 0.25) is 5.95 Å². The molecular weight excluding hydrogens is 493 g/mol. The molecule has 0 aliphatic rings. The van der Waals surface area contributed by atoms with Crippen LogP contribution in [0.4, 0.5) is 16.0 Å². The predicted molar refractivity (Wildman–Crippen MR) is 142 cm³/mol. The fourth-order valence-corrected chi connectivity index (χ4v) is 3.93. The van der Waals surface area contributed by atoms with Crippen LogP contribution in [0.25, 0.3) is 33.9 Å². The quantitative estimate of drug-likeness (QED) is 0.195. The average Bonchev–Trinajstić information content (AvgIpc) is 3.34. The number of halogens is 2. The number of esters is 1. The molecule has 0 bridgehead atoms. The van der Waals surface area contributed by atoms with Crippen molar-refractivity contribution in [3.63, 3.8) is 0 Å². The monoisotopic (exact) mass is 513 g/mol. The minimum Gasteiger partial charge on any atom is -0.463 e. The molecule has 0 atom stereocenters. The van der Waals surface area contributed by atoms with Crippen LogP contribution in [-0.2, 0) is 9.53 Å². The third-order valence-electron chi connectivity index (χ3n) is 5.47. The normalized spacial score (nSPS) is 11.2. The summed E-state index contributed by atoms with van der Waals surface area (Å²) in [5.74, 6) is -0.0893. The van der Waals surface area contributed by atoms with Gasteiger partial charge < -0.3 is 10.1 Å². The largest absolute Gasteiger partial charge is 0.463 e. The first-order chi connectivity index (χ1) is 18.0. The number of nitrogens with one attached hydrogen (secondary N) is 1. The standard InChI is InChI=1S/C28H21ClFN5O2/c1-2-37-26(36)13-10-18-6-5-8-19(14-18)22-16-31-28(32-21-11-12-24(30)23(29)15-21)33-27(22)35-17-20-7-3-4-9-25(20)34-35/h3-17H,2H2,1H3,(H,31,32,33). The third kappa shape index (κ3) is 5.49. The lowest BCUT2D eigenvalue weighted by Gasteiger charge is -2.12. The van der Waals surface area contributed by atoms with Crippen molar-refractivity contribution < 1.29 is 13.9 Å². The number of anilines is 2. The Balaban J connectivity index is 1.57. The Morgan fingerprint density at radius 2 is 2.00 bits per heavy atom. The van der Waals surface area contributed by atoms with Gasteiger partial charge in [0.1, 0.15) is 5.82 Å². The molecule has 9 heteroatoms. The highest BCUT2D eigenvalue weighted by molar-refractivity contribution is 6.31. The van der Waals surface area contributed by atoms with Crippen molar-refractivity contribution in [2.75, 3.05) is 11.9 Å². The van der Waals surface area contributed by atoms with Crippen LogP contribution < -0.4 is 5.32 Å². The SMILES string of the molecule is CCOC(=O)C=Cc1cccc(-c2cnc(Nc3ccc(F)c(Cl)c3)nc2-n2cc3ccccc3n2)c1. The minimum absolute atomic E-state index is 0.00661. The van der Waals surface area contributed by atoms with Gasteiger partial charge in [0.15, 0.2) is 5.82 Å². The average molecular weight is 514 g/mol. The van der Waals surface area contributed by atoms with Gasteiger partial charge >= 0.3 is 5.97 Å². The molecule has 0 aliphatic heterocycles. The minimum atomic E-state index is -0.510. The number of hydrogen-bond acceptors (Lipinski definition) is 6. The summed E-state index contributed by atoms with van der Waals surface area (Å²) in [6, 6.07) is 19.7. The number of rotatable bonds is 7. The molecule has 2 aromatic heterocycles. The van der Waals surface area contributed by atoms with Crippen LogP contribution >= 0.6 is 11.6 Å². The highest BCUT2D eigenvalue weighted by Gasteiger charge is 2.14. The molecule has 3 aromatic carbocycles. The maximum absolute atomic E-state index is 13.6. The van der Waals surface area contributed by atoms with E-state index in [1.807, 2.05) is 54.7 Å². The van der Waals surface area contributed by atoms with Gasteiger partial charge in [-0.2, -0.15) is 10.1 Å². The van der Waals surface area contributed by atoms with E-state index in [4.69, 9.17) is 26.4 Å². The van der Waals surface area contributed by atoms with Gasteiger partial charge in [0.25, 0.3) is 0 Å². The van der Waals surface area contributed by atoms with E-state index < -0.39 is 11.8 Å². The van der Waals surface area contributed by atoms with Crippen molar-refractivity contribution in [3.8, 4) is 16.9 Å². The van der Waals surface area contributed by atoms with E-state index in [0.717, 1.165) is 27.6 Å². The fraction of sp³-hybridized carbons (Fsp3) is 0.0714. The summed E-state index contributed by atoms with van der Waals surface area (Å²) >= 11 is 5.93. The number of hydrogen-bond donors (Lipinski definition) is 1. The zero-order chi connectivity index (χ0) is 25.8. The number of fused-ring (bicyclic) bond motifs is 1. The van der Waals surface area contributed by atoms with Crippen LogP contribution in [0.1, 0.15) is 12.5 Å². The molecule has 1 N–H and O–H groups in total. The van der Waals surface area contributed by atoms with Crippen LogP contribution in [0.5, 0.6) is 0 Å². The highest BCUT2D eigenvalue weighted by Crippen LogP contribution is 2.29. The zero-order valence-corrected chi connectivity index (χ0v) is 20.5. The smallest absolute Gasteiger partial charge is 0.330 e. The molecule has 5 aromatic rings. The van der Waals surface area contributed by atoms with Crippen LogP contribution in [0.2, 0.25) is 5.02 Å². The number of ether oxygens (including phenoxy) is 1. The number of carbonyl (C=O) groups is 1. The third-order valence-corrected chi connectivity index (χ3v) is 5.76. The van der Waals surface area contributed by atoms with Crippen LogP contribution in [-0.4, -0.2) is 32.3 Å². The maximum Gasteiger partial charge on any atom is 0.330 e. The Hall–Kier alpha value is -4.56. The summed E-state index contributed by atoms with van der Waals surface area (Å²) in [6.45, 7) is 2.07. The summed E-state index contributed by atoms with van der Waals surface area (Å²) in [7, 11) is 0. The molecule has 0 saturated carbocycles. The molecule has 0 saturated heterocycles. The van der Waals surface area contributed by atoms with Crippen molar-refractivity contribution in [1.82, 2.24) is 19.7 Å². The van der Waals surface area contributed by atoms with E-state index in [1.54, 1.807) is 29.9 Å². The number of nitrogens with zero attached hydrogens (tertiary/aromatic N) is 4. The predicted octanol–water partition coefficient (Wildman–Crippen LogP) is 6.59.